The van der Waals surface area contributed by atoms with E-state index >= 15 is 0 Å². The van der Waals surface area contributed by atoms with Crippen molar-refractivity contribution in [3.63, 3.8) is 0 Å². The number of amides is 2. The van der Waals surface area contributed by atoms with E-state index in [1.807, 2.05) is 47.1 Å². The second-order valence-electron chi connectivity index (χ2n) is 11.3. The number of carbonyl (C=O) groups excluding carboxylic acids is 1. The number of likely N-dealkylation sites (tertiary alicyclic amines) is 1. The van der Waals surface area contributed by atoms with Crippen LogP contribution in [0.5, 0.6) is 28.7 Å². The first-order chi connectivity index (χ1) is 21.2. The minimum Gasteiger partial charge on any atom is -0.497 e. The highest BCUT2D eigenvalue weighted by atomic mass is 16.5. The van der Waals surface area contributed by atoms with Crippen molar-refractivity contribution in [2.24, 2.45) is 0 Å². The molecule has 0 saturated carbocycles. The smallest absolute Gasteiger partial charge is 0.325 e. The van der Waals surface area contributed by atoms with E-state index in [4.69, 9.17) is 28.4 Å². The molecule has 0 bridgehead atoms. The maximum Gasteiger partial charge on any atom is 0.325 e. The molecule has 2 aromatic carbocycles. The molecule has 2 saturated heterocycles. The lowest BCUT2D eigenvalue weighted by atomic mass is 9.82. The molecule has 240 valence electrons. The molecule has 0 unspecified atom stereocenters. The number of carbonyl (C=O) groups is 1. The van der Waals surface area contributed by atoms with Crippen molar-refractivity contribution in [1.82, 2.24) is 14.7 Å². The van der Waals surface area contributed by atoms with Crippen molar-refractivity contribution in [2.75, 3.05) is 68.9 Å². The molecule has 10 nitrogen and oxygen atoms in total. The van der Waals surface area contributed by atoms with Crippen LogP contribution in [0.4, 0.5) is 4.79 Å². The van der Waals surface area contributed by atoms with Gasteiger partial charge in [-0.3, -0.25) is 9.80 Å². The first kappa shape index (κ1) is 33.0. The Balaban J connectivity index is 1.67. The summed E-state index contributed by atoms with van der Waals surface area (Å²) in [6.07, 6.45) is 4.45. The molecular formula is C34H47N3O7. The van der Waals surface area contributed by atoms with Gasteiger partial charge in [0.1, 0.15) is 11.5 Å². The van der Waals surface area contributed by atoms with Crippen molar-refractivity contribution in [3.8, 4) is 28.7 Å². The maximum absolute atomic E-state index is 14.3. The summed E-state index contributed by atoms with van der Waals surface area (Å²) >= 11 is 0. The molecule has 44 heavy (non-hydrogen) atoms. The van der Waals surface area contributed by atoms with Crippen LogP contribution < -0.4 is 23.7 Å². The molecule has 10 heteroatoms. The third-order valence-electron chi connectivity index (χ3n) is 8.47. The van der Waals surface area contributed by atoms with E-state index in [1.54, 1.807) is 42.7 Å². The highest BCUT2D eigenvalue weighted by Crippen LogP contribution is 2.46. The van der Waals surface area contributed by atoms with Gasteiger partial charge in [-0.25, -0.2) is 4.79 Å². The Kier molecular flexibility index (Phi) is 11.0. The molecule has 0 aromatic heterocycles. The minimum absolute atomic E-state index is 0.0326. The Morgan fingerprint density at radius 3 is 1.93 bits per heavy atom. The zero-order valence-electron chi connectivity index (χ0n) is 27.2. The highest BCUT2D eigenvalue weighted by molar-refractivity contribution is 5.82. The van der Waals surface area contributed by atoms with Crippen LogP contribution in [-0.4, -0.2) is 95.2 Å². The summed E-state index contributed by atoms with van der Waals surface area (Å²) in [5, 5.41) is 0. The average Bonchev–Trinajstić information content (AvgIpc) is 3.24. The zero-order chi connectivity index (χ0) is 31.9. The molecule has 0 atom stereocenters. The number of ether oxygens (including phenoxy) is 6. The van der Waals surface area contributed by atoms with Crippen molar-refractivity contribution in [3.05, 3.63) is 65.4 Å². The summed E-state index contributed by atoms with van der Waals surface area (Å²) in [7, 11) is 9.77. The van der Waals surface area contributed by atoms with Gasteiger partial charge in [-0.1, -0.05) is 18.2 Å². The van der Waals surface area contributed by atoms with Crippen LogP contribution in [-0.2, 0) is 17.8 Å². The third-order valence-corrected chi connectivity index (χ3v) is 8.47. The number of methoxy groups -OCH3 is 6. The van der Waals surface area contributed by atoms with Crippen molar-refractivity contribution < 1.29 is 33.2 Å². The molecule has 1 spiro atoms. The van der Waals surface area contributed by atoms with Crippen molar-refractivity contribution in [2.45, 2.75) is 44.8 Å². The summed E-state index contributed by atoms with van der Waals surface area (Å²) in [4.78, 5) is 20.6. The Bertz CT molecular complexity index is 1300. The molecule has 2 aromatic rings. The normalized spacial score (nSPS) is 17.3. The van der Waals surface area contributed by atoms with E-state index in [-0.39, 0.29) is 6.03 Å². The summed E-state index contributed by atoms with van der Waals surface area (Å²) in [6, 6.07) is 9.76. The van der Waals surface area contributed by atoms with E-state index < -0.39 is 5.54 Å². The summed E-state index contributed by atoms with van der Waals surface area (Å²) < 4.78 is 33.2. The average molecular weight is 610 g/mol. The summed E-state index contributed by atoms with van der Waals surface area (Å²) in [5.41, 5.74) is 3.58. The molecule has 4 rings (SSSR count). The molecule has 2 aliphatic heterocycles. The number of piperidine rings is 1. The lowest BCUT2D eigenvalue weighted by Crippen LogP contribution is -2.54. The number of benzene rings is 2. The quantitative estimate of drug-likeness (QED) is 0.260. The molecule has 0 N–H and O–H groups in total. The second kappa shape index (κ2) is 14.7. The van der Waals surface area contributed by atoms with Crippen molar-refractivity contribution in [1.29, 1.82) is 0 Å². The largest absolute Gasteiger partial charge is 0.497 e. The van der Waals surface area contributed by atoms with Gasteiger partial charge in [0, 0.05) is 45.1 Å². The van der Waals surface area contributed by atoms with Gasteiger partial charge in [0.25, 0.3) is 0 Å². The molecule has 2 fully saturated rings. The van der Waals surface area contributed by atoms with Gasteiger partial charge in [0.2, 0.25) is 5.75 Å². The monoisotopic (exact) mass is 609 g/mol. The second-order valence-corrected chi connectivity index (χ2v) is 11.3. The van der Waals surface area contributed by atoms with Crippen LogP contribution in [0.25, 0.3) is 0 Å². The lowest BCUT2D eigenvalue weighted by molar-refractivity contribution is 0.0670. The number of hydrogen-bond donors (Lipinski definition) is 0. The molecule has 0 radical (unpaired) electrons. The Morgan fingerprint density at radius 2 is 1.43 bits per heavy atom. The van der Waals surface area contributed by atoms with Gasteiger partial charge < -0.3 is 33.3 Å². The highest BCUT2D eigenvalue weighted by Gasteiger charge is 2.54. The SMILES string of the molecule is C=C(C)C/C=C1\N(Cc2cc(OC)c(OC)c(OC)c2)C(=O)N(CCOC)C12CCN(Cc1cc(OC)cc(OC)c1)CC2. The zero-order valence-corrected chi connectivity index (χ0v) is 27.2. The molecule has 2 amide bonds. The number of rotatable bonds is 14. The number of hydrogen-bond acceptors (Lipinski definition) is 8. The number of urea groups is 1. The molecule has 0 aliphatic carbocycles. The fraction of sp³-hybridized carbons (Fsp3) is 0.500. The first-order valence-corrected chi connectivity index (χ1v) is 14.9. The first-order valence-electron chi connectivity index (χ1n) is 14.9. The van der Waals surface area contributed by atoms with E-state index in [0.717, 1.165) is 66.4 Å². The van der Waals surface area contributed by atoms with Crippen LogP contribution in [0, 0.1) is 0 Å². The fourth-order valence-electron chi connectivity index (χ4n) is 6.27. The maximum atomic E-state index is 14.3. The number of allylic oxidation sites excluding steroid dienone is 2. The van der Waals surface area contributed by atoms with Gasteiger partial charge >= 0.3 is 6.03 Å². The van der Waals surface area contributed by atoms with Crippen LogP contribution in [0.2, 0.25) is 0 Å². The van der Waals surface area contributed by atoms with Crippen LogP contribution >= 0.6 is 0 Å². The predicted octanol–water partition coefficient (Wildman–Crippen LogP) is 5.50. The lowest BCUT2D eigenvalue weighted by Gasteiger charge is -2.44. The fourth-order valence-corrected chi connectivity index (χ4v) is 6.27. The van der Waals surface area contributed by atoms with Crippen molar-refractivity contribution >= 4 is 6.03 Å². The molecule has 2 heterocycles. The molecular weight excluding hydrogens is 562 g/mol. The standard InChI is InChI=1S/C34H47N3O7/c1-24(2)9-10-31-34(11-13-35(14-12-34)22-25-17-27(40-4)21-28(18-25)41-5)37(15-16-39-3)33(38)36(31)23-26-19-29(42-6)32(44-8)30(20-26)43-7/h10,17-21H,1,9,11-16,22-23H2,2-8H3/b31-10-. The topological polar surface area (TPSA) is 82.2 Å². The van der Waals surface area contributed by atoms with Gasteiger partial charge in [-0.15, -0.1) is 0 Å². The summed E-state index contributed by atoms with van der Waals surface area (Å²) in [5.74, 6) is 3.16. The van der Waals surface area contributed by atoms with Crippen LogP contribution in [0.1, 0.15) is 37.3 Å². The van der Waals surface area contributed by atoms with E-state index in [0.29, 0.717) is 43.4 Å². The minimum atomic E-state index is -0.464. The Hall–Kier alpha value is -3.89. The van der Waals surface area contributed by atoms with E-state index in [1.165, 1.54) is 0 Å². The van der Waals surface area contributed by atoms with E-state index in [2.05, 4.69) is 17.6 Å². The number of nitrogens with zero attached hydrogens (tertiary/aromatic N) is 3. The Labute approximate surface area is 261 Å². The van der Waals surface area contributed by atoms with Gasteiger partial charge in [-0.05, 0) is 61.6 Å². The van der Waals surface area contributed by atoms with Gasteiger partial charge in [-0.2, -0.15) is 0 Å². The van der Waals surface area contributed by atoms with Crippen LogP contribution in [0.15, 0.2) is 54.3 Å². The Morgan fingerprint density at radius 1 is 0.841 bits per heavy atom. The molecule has 2 aliphatic rings. The van der Waals surface area contributed by atoms with E-state index in [9.17, 15) is 4.79 Å². The predicted molar refractivity (Wildman–Crippen MR) is 170 cm³/mol. The van der Waals surface area contributed by atoms with Crippen LogP contribution in [0.3, 0.4) is 0 Å². The summed E-state index contributed by atoms with van der Waals surface area (Å²) in [6.45, 7) is 9.85. The van der Waals surface area contributed by atoms with Gasteiger partial charge in [0.05, 0.1) is 54.2 Å². The third kappa shape index (κ3) is 6.92. The van der Waals surface area contributed by atoms with Gasteiger partial charge in [0.15, 0.2) is 11.5 Å².